The molecule has 0 N–H and O–H groups in total. The molecule has 0 saturated carbocycles. The van der Waals surface area contributed by atoms with Gasteiger partial charge in [0.1, 0.15) is 0 Å². The fraction of sp³-hybridized carbons (Fsp3) is 0.300. The van der Waals surface area contributed by atoms with E-state index in [0.29, 0.717) is 29.0 Å². The van der Waals surface area contributed by atoms with Crippen LogP contribution in [0.15, 0.2) is 46.3 Å². The summed E-state index contributed by atoms with van der Waals surface area (Å²) in [6.07, 6.45) is 0.300. The van der Waals surface area contributed by atoms with Crippen LogP contribution in [-0.4, -0.2) is 41.2 Å². The Morgan fingerprint density at radius 3 is 1.42 bits per heavy atom. The van der Waals surface area contributed by atoms with Crippen molar-refractivity contribution in [1.82, 2.24) is 0 Å². The number of rotatable bonds is 6. The molecule has 2 heterocycles. The Hall–Kier alpha value is -1.18. The van der Waals surface area contributed by atoms with Crippen molar-refractivity contribution in [2.24, 2.45) is 0 Å². The maximum absolute atomic E-state index is 6.16. The molecule has 0 saturated heterocycles. The Morgan fingerprint density at radius 2 is 1.12 bits per heavy atom. The normalized spacial score (nSPS) is 11.2. The van der Waals surface area contributed by atoms with Crippen LogP contribution in [0, 0.1) is 0 Å². The summed E-state index contributed by atoms with van der Waals surface area (Å²) >= 11 is 0.730. The third-order valence-electron chi connectivity index (χ3n) is 3.38. The zero-order valence-electron chi connectivity index (χ0n) is 14.4. The van der Waals surface area contributed by atoms with Crippen LogP contribution in [0.5, 0.6) is 11.5 Å². The number of hydrogen-bond donors (Lipinski definition) is 0. The summed E-state index contributed by atoms with van der Waals surface area (Å²) in [5, 5.41) is 0. The molecule has 0 radical (unpaired) electrons. The Bertz CT molecular complexity index is 704. The van der Waals surface area contributed by atoms with Crippen LogP contribution in [0.1, 0.15) is 27.7 Å². The van der Waals surface area contributed by atoms with Crippen molar-refractivity contribution in [3.05, 3.63) is 46.3 Å². The monoisotopic (exact) mass is 454 g/mol. The van der Waals surface area contributed by atoms with Gasteiger partial charge in [0.2, 0.25) is 0 Å². The van der Waals surface area contributed by atoms with Gasteiger partial charge >= 0.3 is 156 Å². The van der Waals surface area contributed by atoms with E-state index in [9.17, 15) is 0 Å². The first kappa shape index (κ1) is 17.6. The van der Waals surface area contributed by atoms with Gasteiger partial charge in [-0.1, -0.05) is 0 Å². The molecule has 0 aliphatic rings. The van der Waals surface area contributed by atoms with Crippen molar-refractivity contribution in [3.63, 3.8) is 0 Å². The van der Waals surface area contributed by atoms with Gasteiger partial charge in [-0.15, -0.1) is 0 Å². The summed E-state index contributed by atoms with van der Waals surface area (Å²) in [6, 6.07) is 13.0. The first-order valence-electron chi connectivity index (χ1n) is 8.13. The molecule has 24 heavy (non-hydrogen) atoms. The number of benzene rings is 1. The van der Waals surface area contributed by atoms with E-state index in [1.165, 1.54) is 20.0 Å². The number of ether oxygens (including phenoxy) is 2. The van der Waals surface area contributed by atoms with E-state index < -0.39 is 0 Å². The topological polar surface area (TPSA) is 18.5 Å². The minimum atomic E-state index is 0.150. The van der Waals surface area contributed by atoms with Crippen molar-refractivity contribution in [3.8, 4) is 31.5 Å². The molecule has 0 aliphatic carbocycles. The molecule has 2 nitrogen and oxygen atoms in total. The standard InChI is InChI=1S/C20H22O2Se2/c1-13(2)21-17-11-16(20-8-6-10-24-20)18(22-14(3)4)12-15(17)19-7-5-9-23-19/h5-14H,1-4H3. The Labute approximate surface area is 155 Å². The molecule has 3 aromatic rings. The van der Waals surface area contributed by atoms with Crippen LogP contribution in [0.25, 0.3) is 20.0 Å². The van der Waals surface area contributed by atoms with E-state index in [0.717, 1.165) is 11.5 Å². The zero-order valence-corrected chi connectivity index (χ0v) is 17.8. The minimum absolute atomic E-state index is 0.150. The second-order valence-electron chi connectivity index (χ2n) is 6.13. The molecular weight excluding hydrogens is 430 g/mol. The van der Waals surface area contributed by atoms with Crippen LogP contribution in [0.3, 0.4) is 0 Å². The summed E-state index contributed by atoms with van der Waals surface area (Å²) in [7, 11) is 0. The van der Waals surface area contributed by atoms with Gasteiger partial charge in [-0.2, -0.15) is 0 Å². The Kier molecular flexibility index (Phi) is 5.73. The van der Waals surface area contributed by atoms with Crippen LogP contribution in [0.2, 0.25) is 0 Å². The van der Waals surface area contributed by atoms with E-state index in [-0.39, 0.29) is 12.2 Å². The molecule has 126 valence electrons. The van der Waals surface area contributed by atoms with Gasteiger partial charge in [-0.25, -0.2) is 0 Å². The van der Waals surface area contributed by atoms with Gasteiger partial charge in [-0.05, 0) is 0 Å². The first-order valence-corrected chi connectivity index (χ1v) is 11.8. The van der Waals surface area contributed by atoms with Crippen LogP contribution >= 0.6 is 0 Å². The molecule has 4 heteroatoms. The summed E-state index contributed by atoms with van der Waals surface area (Å²) in [5.74, 6) is 1.94. The summed E-state index contributed by atoms with van der Waals surface area (Å²) in [5.41, 5.74) is 2.35. The average molecular weight is 452 g/mol. The van der Waals surface area contributed by atoms with Crippen molar-refractivity contribution >= 4 is 29.0 Å². The van der Waals surface area contributed by atoms with Crippen LogP contribution in [-0.2, 0) is 0 Å². The second-order valence-corrected chi connectivity index (χ2v) is 10.1. The van der Waals surface area contributed by atoms with E-state index in [1.54, 1.807) is 0 Å². The quantitative estimate of drug-likeness (QED) is 0.505. The molecule has 0 bridgehead atoms. The van der Waals surface area contributed by atoms with Crippen LogP contribution < -0.4 is 9.47 Å². The second kappa shape index (κ2) is 7.80. The predicted octanol–water partition coefficient (Wildman–Crippen LogP) is 4.71. The molecule has 0 fully saturated rings. The molecule has 0 unspecified atom stereocenters. The molecule has 0 spiro atoms. The molecule has 2 aromatic heterocycles. The van der Waals surface area contributed by atoms with Crippen molar-refractivity contribution < 1.29 is 9.47 Å². The first-order chi connectivity index (χ1) is 11.5. The van der Waals surface area contributed by atoms with Crippen molar-refractivity contribution in [1.29, 1.82) is 0 Å². The SMILES string of the molecule is CC(C)Oc1cc(-c2ccc[se]2)c(OC(C)C)cc1-c1ccc[se]1. The fourth-order valence-electron chi connectivity index (χ4n) is 2.51. The van der Waals surface area contributed by atoms with Gasteiger partial charge in [0.05, 0.1) is 0 Å². The predicted molar refractivity (Wildman–Crippen MR) is 103 cm³/mol. The van der Waals surface area contributed by atoms with E-state index >= 15 is 0 Å². The third-order valence-corrected chi connectivity index (χ3v) is 7.17. The van der Waals surface area contributed by atoms with Gasteiger partial charge in [-0.3, -0.25) is 0 Å². The van der Waals surface area contributed by atoms with Gasteiger partial charge in [0.25, 0.3) is 0 Å². The Balaban J connectivity index is 2.18. The van der Waals surface area contributed by atoms with Gasteiger partial charge in [0.15, 0.2) is 0 Å². The summed E-state index contributed by atoms with van der Waals surface area (Å²) in [6.45, 7) is 8.31. The van der Waals surface area contributed by atoms with Crippen molar-refractivity contribution in [2.75, 3.05) is 0 Å². The molecule has 0 amide bonds. The van der Waals surface area contributed by atoms with Crippen molar-refractivity contribution in [2.45, 2.75) is 39.9 Å². The van der Waals surface area contributed by atoms with E-state index in [2.05, 4.69) is 74.0 Å². The molecule has 3 rings (SSSR count). The van der Waals surface area contributed by atoms with Gasteiger partial charge in [0, 0.05) is 0 Å². The molecule has 0 aliphatic heterocycles. The van der Waals surface area contributed by atoms with E-state index in [1.807, 2.05) is 0 Å². The Morgan fingerprint density at radius 1 is 0.708 bits per heavy atom. The maximum atomic E-state index is 6.16. The number of hydrogen-bond acceptors (Lipinski definition) is 2. The van der Waals surface area contributed by atoms with Crippen LogP contribution in [0.4, 0.5) is 0 Å². The average Bonchev–Trinajstić information content (AvgIpc) is 3.20. The van der Waals surface area contributed by atoms with Gasteiger partial charge < -0.3 is 0 Å². The summed E-state index contributed by atoms with van der Waals surface area (Å²) < 4.78 is 15.0. The van der Waals surface area contributed by atoms with E-state index in [4.69, 9.17) is 9.47 Å². The molecular formula is C20H22O2Se2. The summed E-state index contributed by atoms with van der Waals surface area (Å²) in [4.78, 5) is 4.48. The zero-order chi connectivity index (χ0) is 17.1. The molecule has 1 aromatic carbocycles. The molecule has 0 atom stereocenters. The third kappa shape index (κ3) is 4.07. The fourth-order valence-corrected chi connectivity index (χ4v) is 5.65.